The number of hydrogen-bond donors (Lipinski definition) is 3. The number of carboxylic acid groups (broad SMARTS) is 1. The topological polar surface area (TPSA) is 127 Å². The van der Waals surface area contributed by atoms with Crippen LogP contribution in [0.25, 0.3) is 0 Å². The highest BCUT2D eigenvalue weighted by atomic mass is 32.2. The number of hydrogen-bond acceptors (Lipinski definition) is 5. The fraction of sp³-hybridized carbons (Fsp3) is 0.400. The molecule has 0 bridgehead atoms. The summed E-state index contributed by atoms with van der Waals surface area (Å²) >= 11 is 0.862. The van der Waals surface area contributed by atoms with E-state index in [4.69, 9.17) is 10.2 Å². The number of thiophene rings is 1. The largest absolute Gasteiger partial charge is 0.481 e. The first kappa shape index (κ1) is 15.6. The SMILES string of the molecule is CC(CCC(=O)O)NC(=O)c1csc(S(N)(=O)=O)c1. The molecule has 4 N–H and O–H groups in total. The van der Waals surface area contributed by atoms with Crippen LogP contribution in [0.3, 0.4) is 0 Å². The molecule has 0 aliphatic carbocycles. The molecule has 9 heteroatoms. The molecule has 0 aliphatic heterocycles. The molecular weight excluding hydrogens is 292 g/mol. The summed E-state index contributed by atoms with van der Waals surface area (Å²) in [5, 5.41) is 17.4. The molecule has 1 heterocycles. The summed E-state index contributed by atoms with van der Waals surface area (Å²) in [6, 6.07) is 0.876. The molecule has 0 saturated carbocycles. The van der Waals surface area contributed by atoms with Gasteiger partial charge in [-0.3, -0.25) is 9.59 Å². The third-order valence-electron chi connectivity index (χ3n) is 2.29. The first-order valence-electron chi connectivity index (χ1n) is 5.34. The van der Waals surface area contributed by atoms with Crippen LogP contribution in [0.5, 0.6) is 0 Å². The predicted octanol–water partition coefficient (Wildman–Crippen LogP) is 0.379. The number of rotatable bonds is 6. The quantitative estimate of drug-likeness (QED) is 0.700. The third-order valence-corrected chi connectivity index (χ3v) is 4.67. The van der Waals surface area contributed by atoms with Gasteiger partial charge in [0.05, 0.1) is 5.56 Å². The molecule has 0 aliphatic rings. The Morgan fingerprint density at radius 2 is 2.16 bits per heavy atom. The van der Waals surface area contributed by atoms with Crippen molar-refractivity contribution in [2.45, 2.75) is 30.0 Å². The van der Waals surface area contributed by atoms with E-state index in [1.54, 1.807) is 6.92 Å². The van der Waals surface area contributed by atoms with Crippen LogP contribution in [-0.4, -0.2) is 31.4 Å². The summed E-state index contributed by atoms with van der Waals surface area (Å²) in [4.78, 5) is 22.1. The Balaban J connectivity index is 2.64. The van der Waals surface area contributed by atoms with E-state index in [0.29, 0.717) is 6.42 Å². The van der Waals surface area contributed by atoms with Gasteiger partial charge in [-0.25, -0.2) is 13.6 Å². The Morgan fingerprint density at radius 3 is 2.63 bits per heavy atom. The highest BCUT2D eigenvalue weighted by Crippen LogP contribution is 2.18. The maximum Gasteiger partial charge on any atom is 0.303 e. The zero-order chi connectivity index (χ0) is 14.6. The van der Waals surface area contributed by atoms with Crippen molar-refractivity contribution >= 4 is 33.2 Å². The molecule has 1 aromatic rings. The molecule has 0 aromatic carbocycles. The second-order valence-corrected chi connectivity index (χ2v) is 6.71. The molecular formula is C10H14N2O5S2. The van der Waals surface area contributed by atoms with Gasteiger partial charge in [-0.05, 0) is 19.4 Å². The molecule has 1 unspecified atom stereocenters. The number of carbonyl (C=O) groups is 2. The first-order chi connectivity index (χ1) is 8.70. The van der Waals surface area contributed by atoms with Crippen LogP contribution < -0.4 is 10.5 Å². The lowest BCUT2D eigenvalue weighted by Crippen LogP contribution is -2.32. The van der Waals surface area contributed by atoms with E-state index in [9.17, 15) is 18.0 Å². The van der Waals surface area contributed by atoms with E-state index >= 15 is 0 Å². The van der Waals surface area contributed by atoms with E-state index < -0.39 is 21.9 Å². The molecule has 1 rings (SSSR count). The van der Waals surface area contributed by atoms with Crippen molar-refractivity contribution in [1.82, 2.24) is 5.32 Å². The minimum atomic E-state index is -3.80. The van der Waals surface area contributed by atoms with E-state index in [-0.39, 0.29) is 22.2 Å². The van der Waals surface area contributed by atoms with Crippen molar-refractivity contribution in [1.29, 1.82) is 0 Å². The van der Waals surface area contributed by atoms with Crippen LogP contribution >= 0.6 is 11.3 Å². The predicted molar refractivity (Wildman–Crippen MR) is 69.5 cm³/mol. The Bertz CT molecular complexity index is 578. The minimum Gasteiger partial charge on any atom is -0.481 e. The lowest BCUT2D eigenvalue weighted by molar-refractivity contribution is -0.137. The maximum atomic E-state index is 11.8. The van der Waals surface area contributed by atoms with Gasteiger partial charge in [-0.2, -0.15) is 0 Å². The average molecular weight is 306 g/mol. The molecule has 0 radical (unpaired) electrons. The molecule has 106 valence electrons. The Kier molecular flexibility index (Phi) is 5.04. The Morgan fingerprint density at radius 1 is 1.53 bits per heavy atom. The van der Waals surface area contributed by atoms with Crippen molar-refractivity contribution in [3.63, 3.8) is 0 Å². The summed E-state index contributed by atoms with van der Waals surface area (Å²) in [5.41, 5.74) is 0.191. The van der Waals surface area contributed by atoms with Crippen LogP contribution in [0.2, 0.25) is 0 Å². The van der Waals surface area contributed by atoms with E-state index in [2.05, 4.69) is 5.32 Å². The van der Waals surface area contributed by atoms with Crippen molar-refractivity contribution < 1.29 is 23.1 Å². The van der Waals surface area contributed by atoms with Crippen molar-refractivity contribution in [3.8, 4) is 0 Å². The van der Waals surface area contributed by atoms with Gasteiger partial charge in [-0.15, -0.1) is 11.3 Å². The molecule has 1 amide bonds. The fourth-order valence-electron chi connectivity index (χ4n) is 1.30. The van der Waals surface area contributed by atoms with Gasteiger partial charge in [0.2, 0.25) is 10.0 Å². The van der Waals surface area contributed by atoms with Gasteiger partial charge in [0.15, 0.2) is 0 Å². The molecule has 1 aromatic heterocycles. The summed E-state index contributed by atoms with van der Waals surface area (Å²) in [5.74, 6) is -1.39. The summed E-state index contributed by atoms with van der Waals surface area (Å²) < 4.78 is 22.0. The lowest BCUT2D eigenvalue weighted by atomic mass is 10.2. The van der Waals surface area contributed by atoms with Crippen LogP contribution in [-0.2, 0) is 14.8 Å². The molecule has 19 heavy (non-hydrogen) atoms. The van der Waals surface area contributed by atoms with Crippen molar-refractivity contribution in [2.24, 2.45) is 5.14 Å². The van der Waals surface area contributed by atoms with Crippen molar-refractivity contribution in [2.75, 3.05) is 0 Å². The number of nitrogens with two attached hydrogens (primary N) is 1. The molecule has 1 atom stereocenters. The minimum absolute atomic E-state index is 0.0481. The summed E-state index contributed by atoms with van der Waals surface area (Å²) in [7, 11) is -3.80. The van der Waals surface area contributed by atoms with Gasteiger partial charge in [0.1, 0.15) is 4.21 Å². The summed E-state index contributed by atoms with van der Waals surface area (Å²) in [6.45, 7) is 1.67. The summed E-state index contributed by atoms with van der Waals surface area (Å²) in [6.07, 6.45) is 0.251. The van der Waals surface area contributed by atoms with E-state index in [1.807, 2.05) is 0 Å². The molecule has 0 spiro atoms. The van der Waals surface area contributed by atoms with Gasteiger partial charge >= 0.3 is 5.97 Å². The van der Waals surface area contributed by atoms with Crippen LogP contribution in [0.4, 0.5) is 0 Å². The number of aliphatic carboxylic acids is 1. The number of carboxylic acids is 1. The number of amides is 1. The number of nitrogens with one attached hydrogen (secondary N) is 1. The fourth-order valence-corrected chi connectivity index (χ4v) is 2.89. The molecule has 0 fully saturated rings. The van der Waals surface area contributed by atoms with Gasteiger partial charge in [0, 0.05) is 17.8 Å². The highest BCUT2D eigenvalue weighted by molar-refractivity contribution is 7.91. The smallest absolute Gasteiger partial charge is 0.303 e. The normalized spacial score (nSPS) is 12.9. The van der Waals surface area contributed by atoms with Gasteiger partial charge in [-0.1, -0.05) is 0 Å². The van der Waals surface area contributed by atoms with Crippen LogP contribution in [0.1, 0.15) is 30.1 Å². The third kappa shape index (κ3) is 4.97. The monoisotopic (exact) mass is 306 g/mol. The zero-order valence-electron chi connectivity index (χ0n) is 10.1. The van der Waals surface area contributed by atoms with Gasteiger partial charge in [0.25, 0.3) is 5.91 Å². The second-order valence-electron chi connectivity index (χ2n) is 4.01. The Labute approximate surface area is 114 Å². The van der Waals surface area contributed by atoms with Crippen LogP contribution in [0, 0.1) is 0 Å². The number of carbonyl (C=O) groups excluding carboxylic acids is 1. The van der Waals surface area contributed by atoms with E-state index in [0.717, 1.165) is 11.3 Å². The zero-order valence-corrected chi connectivity index (χ0v) is 11.8. The standard InChI is InChI=1S/C10H14N2O5S2/c1-6(2-3-8(13)14)12-10(15)7-4-9(18-5-7)19(11,16)17/h4-6H,2-3H2,1H3,(H,12,15)(H,13,14)(H2,11,16,17). The Hall–Kier alpha value is -1.45. The number of primary sulfonamides is 1. The lowest BCUT2D eigenvalue weighted by Gasteiger charge is -2.11. The maximum absolute atomic E-state index is 11.8. The number of sulfonamides is 1. The second kappa shape index (κ2) is 6.13. The van der Waals surface area contributed by atoms with Gasteiger partial charge < -0.3 is 10.4 Å². The van der Waals surface area contributed by atoms with E-state index in [1.165, 1.54) is 11.4 Å². The first-order valence-corrected chi connectivity index (χ1v) is 7.76. The van der Waals surface area contributed by atoms with Crippen LogP contribution in [0.15, 0.2) is 15.7 Å². The highest BCUT2D eigenvalue weighted by Gasteiger charge is 2.16. The molecule has 7 nitrogen and oxygen atoms in total. The molecule has 0 saturated heterocycles. The average Bonchev–Trinajstić information content (AvgIpc) is 2.75. The van der Waals surface area contributed by atoms with Crippen molar-refractivity contribution in [3.05, 3.63) is 17.0 Å².